The molecular formula is C15H18N2O4S. The molecule has 6 nitrogen and oxygen atoms in total. The van der Waals surface area contributed by atoms with Crippen LogP contribution in [-0.4, -0.2) is 34.2 Å². The van der Waals surface area contributed by atoms with Crippen LogP contribution in [0, 0.1) is 5.92 Å². The van der Waals surface area contributed by atoms with E-state index >= 15 is 0 Å². The zero-order valence-corrected chi connectivity index (χ0v) is 13.4. The molecule has 0 aromatic heterocycles. The number of amides is 2. The summed E-state index contributed by atoms with van der Waals surface area (Å²) >= 11 is 1.43. The largest absolute Gasteiger partial charge is 0.480 e. The second kappa shape index (κ2) is 6.39. The highest BCUT2D eigenvalue weighted by Gasteiger charge is 2.26. The van der Waals surface area contributed by atoms with E-state index in [-0.39, 0.29) is 17.1 Å². The number of nitrogens with one attached hydrogen (secondary N) is 2. The molecule has 0 saturated carbocycles. The van der Waals surface area contributed by atoms with Crippen LogP contribution in [0.15, 0.2) is 23.1 Å². The number of carboxylic acid groups (broad SMARTS) is 1. The van der Waals surface area contributed by atoms with Crippen LogP contribution in [0.2, 0.25) is 0 Å². The minimum Gasteiger partial charge on any atom is -0.480 e. The Hall–Kier alpha value is -2.02. The van der Waals surface area contributed by atoms with Crippen LogP contribution in [-0.2, 0) is 9.59 Å². The standard InChI is InChI=1S/C15H18N2O4S/c1-7(2)12(15(20)21)17-14(19)9-4-5-11-10(6-9)16-13(18)8(3)22-11/h4-8,12H,1-3H3,(H,16,18)(H,17,19)(H,20,21)/t8?,12-/m1/s1. The van der Waals surface area contributed by atoms with Crippen molar-refractivity contribution in [2.75, 3.05) is 5.32 Å². The molecule has 1 aromatic rings. The van der Waals surface area contributed by atoms with Gasteiger partial charge in [-0.15, -0.1) is 11.8 Å². The van der Waals surface area contributed by atoms with E-state index in [2.05, 4.69) is 10.6 Å². The number of fused-ring (bicyclic) bond motifs is 1. The first-order valence-electron chi connectivity index (χ1n) is 6.95. The van der Waals surface area contributed by atoms with E-state index in [1.54, 1.807) is 32.0 Å². The minimum absolute atomic E-state index is 0.111. The molecule has 0 saturated heterocycles. The van der Waals surface area contributed by atoms with Gasteiger partial charge in [0.2, 0.25) is 5.91 Å². The molecule has 2 atom stereocenters. The van der Waals surface area contributed by atoms with Crippen molar-refractivity contribution >= 4 is 35.2 Å². The maximum Gasteiger partial charge on any atom is 0.326 e. The second-order valence-electron chi connectivity index (χ2n) is 5.49. The highest BCUT2D eigenvalue weighted by molar-refractivity contribution is 8.00. The molecule has 0 spiro atoms. The number of carbonyl (C=O) groups excluding carboxylic acids is 2. The molecule has 1 aliphatic heterocycles. The van der Waals surface area contributed by atoms with E-state index < -0.39 is 17.9 Å². The molecule has 1 unspecified atom stereocenters. The van der Waals surface area contributed by atoms with Crippen LogP contribution in [0.25, 0.3) is 0 Å². The molecule has 0 aliphatic carbocycles. The number of anilines is 1. The van der Waals surface area contributed by atoms with Crippen molar-refractivity contribution in [2.24, 2.45) is 5.92 Å². The molecule has 0 fully saturated rings. The normalized spacial score (nSPS) is 18.4. The lowest BCUT2D eigenvalue weighted by molar-refractivity contribution is -0.140. The van der Waals surface area contributed by atoms with Gasteiger partial charge in [0.15, 0.2) is 0 Å². The van der Waals surface area contributed by atoms with E-state index in [0.29, 0.717) is 11.3 Å². The van der Waals surface area contributed by atoms with Gasteiger partial charge in [0, 0.05) is 10.5 Å². The lowest BCUT2D eigenvalue weighted by Gasteiger charge is -2.22. The first-order valence-corrected chi connectivity index (χ1v) is 7.82. The molecule has 1 aromatic carbocycles. The Labute approximate surface area is 132 Å². The molecule has 0 bridgehead atoms. The van der Waals surface area contributed by atoms with Gasteiger partial charge in [0.1, 0.15) is 6.04 Å². The number of hydrogen-bond donors (Lipinski definition) is 3. The van der Waals surface area contributed by atoms with Gasteiger partial charge >= 0.3 is 5.97 Å². The molecule has 118 valence electrons. The van der Waals surface area contributed by atoms with E-state index in [1.165, 1.54) is 11.8 Å². The molecule has 2 rings (SSSR count). The minimum atomic E-state index is -1.07. The summed E-state index contributed by atoms with van der Waals surface area (Å²) in [7, 11) is 0. The van der Waals surface area contributed by atoms with Gasteiger partial charge in [-0.25, -0.2) is 4.79 Å². The molecule has 1 aliphatic rings. The van der Waals surface area contributed by atoms with E-state index in [9.17, 15) is 14.4 Å². The van der Waals surface area contributed by atoms with E-state index in [0.717, 1.165) is 4.90 Å². The van der Waals surface area contributed by atoms with Crippen LogP contribution in [0.4, 0.5) is 5.69 Å². The van der Waals surface area contributed by atoms with Gasteiger partial charge in [0.05, 0.1) is 10.9 Å². The van der Waals surface area contributed by atoms with Crippen molar-refractivity contribution in [3.05, 3.63) is 23.8 Å². The topological polar surface area (TPSA) is 95.5 Å². The lowest BCUT2D eigenvalue weighted by Crippen LogP contribution is -2.44. The molecule has 3 N–H and O–H groups in total. The van der Waals surface area contributed by atoms with Crippen molar-refractivity contribution in [3.8, 4) is 0 Å². The SMILES string of the molecule is CC1Sc2ccc(C(=O)N[C@@H](C(=O)O)C(C)C)cc2NC1=O. The Morgan fingerprint density at radius 1 is 1.36 bits per heavy atom. The van der Waals surface area contributed by atoms with E-state index in [1.807, 2.05) is 6.92 Å². The first kappa shape index (κ1) is 16.4. The number of carboxylic acids is 1. The third-order valence-electron chi connectivity index (χ3n) is 3.39. The summed E-state index contributed by atoms with van der Waals surface area (Å²) < 4.78 is 0. The van der Waals surface area contributed by atoms with Crippen molar-refractivity contribution in [1.29, 1.82) is 0 Å². The highest BCUT2D eigenvalue weighted by atomic mass is 32.2. The smallest absolute Gasteiger partial charge is 0.326 e. The third-order valence-corrected chi connectivity index (χ3v) is 4.57. The highest BCUT2D eigenvalue weighted by Crippen LogP contribution is 2.35. The molecule has 0 radical (unpaired) electrons. The fraction of sp³-hybridized carbons (Fsp3) is 0.400. The Morgan fingerprint density at radius 2 is 2.05 bits per heavy atom. The van der Waals surface area contributed by atoms with Gasteiger partial charge in [0.25, 0.3) is 5.91 Å². The lowest BCUT2D eigenvalue weighted by atomic mass is 10.0. The number of carbonyl (C=O) groups is 3. The van der Waals surface area contributed by atoms with Crippen LogP contribution in [0.1, 0.15) is 31.1 Å². The second-order valence-corrected chi connectivity index (χ2v) is 6.88. The van der Waals surface area contributed by atoms with Gasteiger partial charge in [-0.3, -0.25) is 9.59 Å². The van der Waals surface area contributed by atoms with Crippen LogP contribution in [0.3, 0.4) is 0 Å². The monoisotopic (exact) mass is 322 g/mol. The Kier molecular flexibility index (Phi) is 4.75. The third kappa shape index (κ3) is 3.41. The number of aliphatic carboxylic acids is 1. The zero-order valence-electron chi connectivity index (χ0n) is 12.5. The molecule has 2 amide bonds. The summed E-state index contributed by atoms with van der Waals surface area (Å²) in [6.07, 6.45) is 0. The fourth-order valence-electron chi connectivity index (χ4n) is 2.09. The summed E-state index contributed by atoms with van der Waals surface area (Å²) in [5, 5.41) is 14.2. The Morgan fingerprint density at radius 3 is 2.64 bits per heavy atom. The van der Waals surface area contributed by atoms with Gasteiger partial charge in [-0.2, -0.15) is 0 Å². The average Bonchev–Trinajstić information content (AvgIpc) is 2.44. The van der Waals surface area contributed by atoms with E-state index in [4.69, 9.17) is 5.11 Å². The van der Waals surface area contributed by atoms with Crippen molar-refractivity contribution in [1.82, 2.24) is 5.32 Å². The summed E-state index contributed by atoms with van der Waals surface area (Å²) in [6, 6.07) is 4.01. The molecule has 1 heterocycles. The maximum absolute atomic E-state index is 12.2. The number of rotatable bonds is 4. The Balaban J connectivity index is 2.20. The van der Waals surface area contributed by atoms with Gasteiger partial charge < -0.3 is 15.7 Å². The number of hydrogen-bond acceptors (Lipinski definition) is 4. The first-order chi connectivity index (χ1) is 10.3. The average molecular weight is 322 g/mol. The van der Waals surface area contributed by atoms with Crippen LogP contribution in [0.5, 0.6) is 0 Å². The predicted octanol–water partition coefficient (Wildman–Crippen LogP) is 1.96. The summed E-state index contributed by atoms with van der Waals surface area (Å²) in [6.45, 7) is 5.26. The zero-order chi connectivity index (χ0) is 16.4. The Bertz CT molecular complexity index is 630. The van der Waals surface area contributed by atoms with Crippen molar-refractivity contribution in [2.45, 2.75) is 37.0 Å². The van der Waals surface area contributed by atoms with Gasteiger partial charge in [-0.05, 0) is 31.0 Å². The quantitative estimate of drug-likeness (QED) is 0.787. The summed E-state index contributed by atoms with van der Waals surface area (Å²) in [5.41, 5.74) is 0.901. The van der Waals surface area contributed by atoms with Crippen molar-refractivity contribution in [3.63, 3.8) is 0 Å². The maximum atomic E-state index is 12.2. The molecule has 7 heteroatoms. The fourth-order valence-corrected chi connectivity index (χ4v) is 3.02. The summed E-state index contributed by atoms with van der Waals surface area (Å²) in [5.74, 6) is -1.88. The molecule has 22 heavy (non-hydrogen) atoms. The van der Waals surface area contributed by atoms with Gasteiger partial charge in [-0.1, -0.05) is 13.8 Å². The number of thioether (sulfide) groups is 1. The predicted molar refractivity (Wildman–Crippen MR) is 84.1 cm³/mol. The molecular weight excluding hydrogens is 304 g/mol. The summed E-state index contributed by atoms with van der Waals surface area (Å²) in [4.78, 5) is 35.9. The van der Waals surface area contributed by atoms with Crippen LogP contribution < -0.4 is 10.6 Å². The van der Waals surface area contributed by atoms with Crippen LogP contribution >= 0.6 is 11.8 Å². The number of benzene rings is 1. The van der Waals surface area contributed by atoms with Crippen molar-refractivity contribution < 1.29 is 19.5 Å².